The molecule has 3 atom stereocenters. The first-order valence-electron chi connectivity index (χ1n) is 11.0. The standard InChI is InChI=1S/C23H25Cl2N3O7/c1-10-6-11(2)27-21(30)14(10)8-26-20(29)13-7-15(24)18-19(17(13)25)35-23(3,34-18)16-5-4-12(9-33-16)28-22(31)32/h6-7,12,16,28H,4-5,8-9H2,1-3H3,(H,26,29)(H,27,30)(H,31,32)/t12-,16+,23?/m1/s1. The van der Waals surface area contributed by atoms with Crippen molar-refractivity contribution in [1.29, 1.82) is 0 Å². The molecule has 12 heteroatoms. The van der Waals surface area contributed by atoms with Crippen molar-refractivity contribution < 1.29 is 28.9 Å². The van der Waals surface area contributed by atoms with Crippen molar-refractivity contribution in [2.24, 2.45) is 0 Å². The molecule has 1 fully saturated rings. The van der Waals surface area contributed by atoms with Crippen molar-refractivity contribution in [3.63, 3.8) is 0 Å². The molecule has 1 saturated heterocycles. The van der Waals surface area contributed by atoms with Gasteiger partial charge in [-0.15, -0.1) is 0 Å². The second kappa shape index (κ2) is 9.60. The van der Waals surface area contributed by atoms with Crippen LogP contribution in [0.1, 0.15) is 46.9 Å². The average Bonchev–Trinajstić information content (AvgIpc) is 3.15. The zero-order chi connectivity index (χ0) is 25.5. The third-order valence-electron chi connectivity index (χ3n) is 6.09. The molecule has 35 heavy (non-hydrogen) atoms. The van der Waals surface area contributed by atoms with Crippen LogP contribution in [-0.4, -0.2) is 46.6 Å². The number of hydrogen-bond donors (Lipinski definition) is 4. The number of aromatic amines is 1. The van der Waals surface area contributed by atoms with Gasteiger partial charge in [-0.3, -0.25) is 9.59 Å². The lowest BCUT2D eigenvalue weighted by Gasteiger charge is -2.37. The van der Waals surface area contributed by atoms with Crippen LogP contribution in [-0.2, 0) is 11.3 Å². The third kappa shape index (κ3) is 5.05. The van der Waals surface area contributed by atoms with Crippen LogP contribution in [0.5, 0.6) is 11.5 Å². The summed E-state index contributed by atoms with van der Waals surface area (Å²) >= 11 is 12.9. The lowest BCUT2D eigenvalue weighted by atomic mass is 9.99. The van der Waals surface area contributed by atoms with E-state index in [0.29, 0.717) is 18.4 Å². The van der Waals surface area contributed by atoms with Gasteiger partial charge in [0.2, 0.25) is 0 Å². The van der Waals surface area contributed by atoms with Crippen LogP contribution in [0.15, 0.2) is 16.9 Å². The van der Waals surface area contributed by atoms with E-state index in [4.69, 9.17) is 42.5 Å². The Morgan fingerprint density at radius 2 is 1.91 bits per heavy atom. The van der Waals surface area contributed by atoms with E-state index in [1.165, 1.54) is 6.07 Å². The van der Waals surface area contributed by atoms with E-state index < -0.39 is 23.9 Å². The van der Waals surface area contributed by atoms with Crippen LogP contribution in [0.25, 0.3) is 0 Å². The summed E-state index contributed by atoms with van der Waals surface area (Å²) in [5.74, 6) is -1.50. The molecule has 0 aliphatic carbocycles. The number of H-pyrrole nitrogens is 1. The number of carbonyl (C=O) groups is 2. The number of carboxylic acid groups (broad SMARTS) is 1. The maximum Gasteiger partial charge on any atom is 0.404 e. The van der Waals surface area contributed by atoms with E-state index in [1.54, 1.807) is 20.8 Å². The summed E-state index contributed by atoms with van der Waals surface area (Å²) in [5.41, 5.74) is 1.71. The van der Waals surface area contributed by atoms with Gasteiger partial charge in [-0.25, -0.2) is 4.79 Å². The van der Waals surface area contributed by atoms with Crippen LogP contribution in [0.4, 0.5) is 4.79 Å². The number of amides is 2. The Bertz CT molecular complexity index is 1240. The first-order chi connectivity index (χ1) is 16.5. The highest BCUT2D eigenvalue weighted by Gasteiger charge is 2.49. The number of rotatable bonds is 5. The van der Waals surface area contributed by atoms with E-state index in [9.17, 15) is 14.4 Å². The minimum atomic E-state index is -1.27. The number of halogens is 2. The van der Waals surface area contributed by atoms with Gasteiger partial charge < -0.3 is 34.9 Å². The largest absolute Gasteiger partial charge is 0.465 e. The molecule has 4 rings (SSSR count). The number of aryl methyl sites for hydroxylation is 2. The Morgan fingerprint density at radius 1 is 1.20 bits per heavy atom. The Morgan fingerprint density at radius 3 is 2.54 bits per heavy atom. The predicted molar refractivity (Wildman–Crippen MR) is 128 cm³/mol. The van der Waals surface area contributed by atoms with Gasteiger partial charge in [0.05, 0.1) is 28.3 Å². The molecule has 1 unspecified atom stereocenters. The fourth-order valence-corrected chi connectivity index (χ4v) is 4.81. The molecule has 4 N–H and O–H groups in total. The fraction of sp³-hybridized carbons (Fsp3) is 0.435. The molecule has 2 aliphatic heterocycles. The lowest BCUT2D eigenvalue weighted by Crippen LogP contribution is -2.53. The second-order valence-corrected chi connectivity index (χ2v) is 9.55. The minimum Gasteiger partial charge on any atom is -0.465 e. The van der Waals surface area contributed by atoms with E-state index in [1.807, 2.05) is 6.07 Å². The number of fused-ring (bicyclic) bond motifs is 1. The topological polar surface area (TPSA) is 139 Å². The molecule has 0 spiro atoms. The molecule has 2 aromatic rings. The zero-order valence-electron chi connectivity index (χ0n) is 19.3. The van der Waals surface area contributed by atoms with Gasteiger partial charge in [0.25, 0.3) is 17.3 Å². The van der Waals surface area contributed by atoms with Gasteiger partial charge in [-0.05, 0) is 44.4 Å². The highest BCUT2D eigenvalue weighted by molar-refractivity contribution is 6.38. The summed E-state index contributed by atoms with van der Waals surface area (Å²) in [7, 11) is 0. The third-order valence-corrected chi connectivity index (χ3v) is 6.75. The van der Waals surface area contributed by atoms with Crippen molar-refractivity contribution in [2.45, 2.75) is 58.1 Å². The molecule has 1 aromatic carbocycles. The smallest absolute Gasteiger partial charge is 0.404 e. The second-order valence-electron chi connectivity index (χ2n) is 8.77. The molecule has 0 saturated carbocycles. The number of nitrogens with one attached hydrogen (secondary N) is 3. The summed E-state index contributed by atoms with van der Waals surface area (Å²) in [6.45, 7) is 5.40. The molecule has 1 aromatic heterocycles. The minimum absolute atomic E-state index is 0.00183. The number of ether oxygens (including phenoxy) is 3. The van der Waals surface area contributed by atoms with Crippen LogP contribution < -0.4 is 25.7 Å². The van der Waals surface area contributed by atoms with Crippen molar-refractivity contribution in [1.82, 2.24) is 15.6 Å². The van der Waals surface area contributed by atoms with E-state index in [2.05, 4.69) is 15.6 Å². The van der Waals surface area contributed by atoms with Crippen molar-refractivity contribution in [2.75, 3.05) is 6.61 Å². The summed E-state index contributed by atoms with van der Waals surface area (Å²) < 4.78 is 17.8. The zero-order valence-corrected chi connectivity index (χ0v) is 20.8. The first kappa shape index (κ1) is 25.2. The monoisotopic (exact) mass is 525 g/mol. The average molecular weight is 526 g/mol. The number of pyridine rings is 1. The van der Waals surface area contributed by atoms with Gasteiger partial charge in [-0.1, -0.05) is 23.2 Å². The van der Waals surface area contributed by atoms with Gasteiger partial charge in [0.15, 0.2) is 11.5 Å². The van der Waals surface area contributed by atoms with Crippen LogP contribution >= 0.6 is 23.2 Å². The molecule has 188 valence electrons. The molecule has 2 aliphatic rings. The maximum absolute atomic E-state index is 12.9. The predicted octanol–water partition coefficient (Wildman–Crippen LogP) is 3.53. The Balaban J connectivity index is 1.49. The summed E-state index contributed by atoms with van der Waals surface area (Å²) in [6.07, 6.45) is -0.650. The number of hydrogen-bond acceptors (Lipinski definition) is 6. The Hall–Kier alpha value is -2.95. The first-order valence-corrected chi connectivity index (χ1v) is 11.7. The van der Waals surface area contributed by atoms with Gasteiger partial charge in [0.1, 0.15) is 6.10 Å². The summed E-state index contributed by atoms with van der Waals surface area (Å²) in [4.78, 5) is 38.7. The molecule has 2 amide bonds. The fourth-order valence-electron chi connectivity index (χ4n) is 4.31. The Labute approximate surface area is 210 Å². The normalized spacial score (nSPS) is 23.1. The lowest BCUT2D eigenvalue weighted by molar-refractivity contribution is -0.185. The SMILES string of the molecule is Cc1cc(C)c(CNC(=O)c2cc(Cl)c3c(c2Cl)OC(C)([C@@H]2CC[C@@H](NC(=O)O)CO2)O3)c(=O)[nH]1. The highest BCUT2D eigenvalue weighted by atomic mass is 35.5. The Kier molecular flexibility index (Phi) is 6.90. The van der Waals surface area contributed by atoms with E-state index >= 15 is 0 Å². The number of aromatic nitrogens is 1. The van der Waals surface area contributed by atoms with Crippen LogP contribution in [0, 0.1) is 13.8 Å². The molecule has 10 nitrogen and oxygen atoms in total. The summed E-state index contributed by atoms with van der Waals surface area (Å²) in [6, 6.07) is 2.87. The number of carbonyl (C=O) groups excluding carboxylic acids is 1. The molecule has 3 heterocycles. The van der Waals surface area contributed by atoms with Gasteiger partial charge in [0, 0.05) is 24.7 Å². The van der Waals surface area contributed by atoms with Crippen molar-refractivity contribution in [3.05, 3.63) is 54.9 Å². The quantitative estimate of drug-likeness (QED) is 0.468. The molecular formula is C23H25Cl2N3O7. The number of benzene rings is 1. The van der Waals surface area contributed by atoms with Crippen LogP contribution in [0.2, 0.25) is 10.0 Å². The van der Waals surface area contributed by atoms with Crippen molar-refractivity contribution >= 4 is 35.2 Å². The molecule has 0 bridgehead atoms. The maximum atomic E-state index is 12.9. The molecule has 0 radical (unpaired) electrons. The highest BCUT2D eigenvalue weighted by Crippen LogP contribution is 2.51. The summed E-state index contributed by atoms with van der Waals surface area (Å²) in [5, 5.41) is 14.1. The van der Waals surface area contributed by atoms with Crippen molar-refractivity contribution in [3.8, 4) is 11.5 Å². The van der Waals surface area contributed by atoms with E-state index in [-0.39, 0.29) is 51.9 Å². The van der Waals surface area contributed by atoms with Gasteiger partial charge in [-0.2, -0.15) is 0 Å². The molecular weight excluding hydrogens is 501 g/mol. The van der Waals surface area contributed by atoms with Crippen LogP contribution in [0.3, 0.4) is 0 Å². The van der Waals surface area contributed by atoms with E-state index in [0.717, 1.165) is 11.3 Å². The van der Waals surface area contributed by atoms with Gasteiger partial charge >= 0.3 is 6.09 Å².